The number of hydrogen-bond acceptors (Lipinski definition) is 5. The van der Waals surface area contributed by atoms with Crippen molar-refractivity contribution in [3.05, 3.63) is 0 Å². The van der Waals surface area contributed by atoms with E-state index in [1.54, 1.807) is 7.11 Å². The maximum atomic E-state index is 12.1. The molecule has 0 unspecified atom stereocenters. The van der Waals surface area contributed by atoms with Crippen LogP contribution in [-0.2, 0) is 24.4 Å². The van der Waals surface area contributed by atoms with Gasteiger partial charge in [-0.2, -0.15) is 12.7 Å². The molecule has 9 heteroatoms. The number of hydrogen-bond donors (Lipinski definition) is 0. The molecule has 1 rings (SSSR count). The van der Waals surface area contributed by atoms with E-state index in [0.717, 1.165) is 0 Å². The van der Waals surface area contributed by atoms with Crippen molar-refractivity contribution in [3.63, 3.8) is 0 Å². The number of ether oxygens (including phenoxy) is 3. The third-order valence-corrected chi connectivity index (χ3v) is 6.78. The van der Waals surface area contributed by atoms with Crippen LogP contribution < -0.4 is 0 Å². The van der Waals surface area contributed by atoms with Crippen molar-refractivity contribution in [2.24, 2.45) is 0 Å². The molecule has 7 nitrogen and oxygen atoms in total. The molecule has 0 radical (unpaired) electrons. The van der Waals surface area contributed by atoms with E-state index < -0.39 is 15.7 Å². The zero-order valence-electron chi connectivity index (χ0n) is 12.2. The minimum absolute atomic E-state index is 0.339. The van der Waals surface area contributed by atoms with E-state index in [-0.39, 0.29) is 0 Å². The maximum Gasteiger partial charge on any atom is 0.292 e. The Morgan fingerprint density at radius 3 is 2.15 bits per heavy atom. The van der Waals surface area contributed by atoms with Crippen molar-refractivity contribution in [3.8, 4) is 0 Å². The van der Waals surface area contributed by atoms with E-state index >= 15 is 0 Å². The van der Waals surface area contributed by atoms with Crippen LogP contribution in [-0.4, -0.2) is 74.8 Å². The second-order valence-corrected chi connectivity index (χ2v) is 8.04. The maximum absolute atomic E-state index is 12.1. The van der Waals surface area contributed by atoms with Gasteiger partial charge in [-0.1, -0.05) is 0 Å². The van der Waals surface area contributed by atoms with Gasteiger partial charge in [-0.3, -0.25) is 0 Å². The summed E-state index contributed by atoms with van der Waals surface area (Å²) in [5.74, 6) is 0. The average Bonchev–Trinajstić information content (AvgIpc) is 2.53. The number of methoxy groups -OCH3 is 1. The molecule has 0 spiro atoms. The van der Waals surface area contributed by atoms with Crippen LogP contribution in [0.4, 0.5) is 0 Å². The predicted octanol–water partition coefficient (Wildman–Crippen LogP) is 0.617. The molecule has 0 amide bonds. The number of halogens is 1. The van der Waals surface area contributed by atoms with E-state index in [2.05, 4.69) is 16.1 Å². The lowest BCUT2D eigenvalue weighted by Crippen LogP contribution is -2.34. The topological polar surface area (TPSA) is 68.3 Å². The van der Waals surface area contributed by atoms with E-state index in [9.17, 15) is 8.42 Å². The first kappa shape index (κ1) is 18.3. The molecule has 0 aromatic heterocycles. The Hall–Kier alpha value is 0.230. The largest absolute Gasteiger partial charge is 0.382 e. The highest BCUT2D eigenvalue weighted by molar-refractivity contribution is 9.08. The Kier molecular flexibility index (Phi) is 7.33. The highest BCUT2D eigenvalue weighted by Crippen LogP contribution is 2.33. The summed E-state index contributed by atoms with van der Waals surface area (Å²) < 4.78 is 42.2. The molecule has 0 N–H and O–H groups in total. The Bertz CT molecular complexity index is 390. The second kappa shape index (κ2) is 8.02. The Morgan fingerprint density at radius 2 is 1.65 bits per heavy atom. The van der Waals surface area contributed by atoms with Crippen LogP contribution in [0.15, 0.2) is 0 Å². The Morgan fingerprint density at radius 1 is 1.10 bits per heavy atom. The highest BCUT2D eigenvalue weighted by atomic mass is 79.9. The summed E-state index contributed by atoms with van der Waals surface area (Å²) in [4.78, 5) is 0. The lowest BCUT2D eigenvalue weighted by atomic mass is 10.1. The smallest absolute Gasteiger partial charge is 0.292 e. The Labute approximate surface area is 129 Å². The van der Waals surface area contributed by atoms with Gasteiger partial charge in [0, 0.05) is 36.3 Å². The molecule has 0 saturated carbocycles. The van der Waals surface area contributed by atoms with Crippen molar-refractivity contribution in [2.75, 3.05) is 53.2 Å². The van der Waals surface area contributed by atoms with Crippen LogP contribution in [0.25, 0.3) is 0 Å². The van der Waals surface area contributed by atoms with Crippen LogP contribution in [0, 0.1) is 0 Å². The van der Waals surface area contributed by atoms with Gasteiger partial charge < -0.3 is 14.2 Å². The third kappa shape index (κ3) is 4.90. The minimum Gasteiger partial charge on any atom is -0.382 e. The molecule has 120 valence electrons. The van der Waals surface area contributed by atoms with Crippen molar-refractivity contribution >= 4 is 26.4 Å². The van der Waals surface area contributed by atoms with Crippen LogP contribution in [0.3, 0.4) is 0 Å². The van der Waals surface area contributed by atoms with Gasteiger partial charge >= 0.3 is 0 Å². The molecular formula is C11H23BrN2O5S. The molecule has 0 aromatic rings. The van der Waals surface area contributed by atoms with E-state index in [1.165, 1.54) is 7.64 Å². The normalized spacial score (nSPS) is 22.4. The van der Waals surface area contributed by atoms with Gasteiger partial charge in [0.05, 0.1) is 38.6 Å². The molecular weight excluding hydrogens is 352 g/mol. The fourth-order valence-electron chi connectivity index (χ4n) is 1.81. The molecule has 20 heavy (non-hydrogen) atoms. The summed E-state index contributed by atoms with van der Waals surface area (Å²) in [6.45, 7) is 6.87. The summed E-state index contributed by atoms with van der Waals surface area (Å²) >= 11 is 3.11. The zero-order chi connectivity index (χ0) is 15.2. The summed E-state index contributed by atoms with van der Waals surface area (Å²) in [5.41, 5.74) is -0.456. The van der Waals surface area contributed by atoms with Gasteiger partial charge in [0.15, 0.2) is 0 Å². The third-order valence-electron chi connectivity index (χ3n) is 2.86. The van der Waals surface area contributed by atoms with Crippen molar-refractivity contribution in [2.45, 2.75) is 19.4 Å². The van der Waals surface area contributed by atoms with Crippen molar-refractivity contribution in [1.82, 2.24) is 7.64 Å². The van der Waals surface area contributed by atoms with E-state index in [0.29, 0.717) is 46.1 Å². The first-order chi connectivity index (χ1) is 9.32. The molecule has 1 aliphatic heterocycles. The summed E-state index contributed by atoms with van der Waals surface area (Å²) in [6, 6.07) is 0. The van der Waals surface area contributed by atoms with Gasteiger partial charge in [-0.25, -0.2) is 0 Å². The highest BCUT2D eigenvalue weighted by Gasteiger charge is 2.47. The molecule has 1 heterocycles. The van der Waals surface area contributed by atoms with Crippen LogP contribution in [0.1, 0.15) is 13.8 Å². The summed E-state index contributed by atoms with van der Waals surface area (Å²) in [6.07, 6.45) is 0. The van der Waals surface area contributed by atoms with Gasteiger partial charge in [0.25, 0.3) is 10.2 Å². The summed E-state index contributed by atoms with van der Waals surface area (Å²) in [7, 11) is -1.81. The SMILES string of the molecule is COCCOCCOCCN1CC(C)(C)N(Br)S1(=O)=O. The van der Waals surface area contributed by atoms with Crippen LogP contribution in [0.5, 0.6) is 0 Å². The monoisotopic (exact) mass is 374 g/mol. The molecule has 0 bridgehead atoms. The molecule has 0 aliphatic carbocycles. The van der Waals surface area contributed by atoms with Gasteiger partial charge in [-0.15, -0.1) is 3.33 Å². The molecule has 1 fully saturated rings. The van der Waals surface area contributed by atoms with Crippen molar-refractivity contribution < 1.29 is 22.6 Å². The van der Waals surface area contributed by atoms with Crippen LogP contribution >= 0.6 is 16.1 Å². The Balaban J connectivity index is 2.20. The first-order valence-electron chi connectivity index (χ1n) is 6.43. The fraction of sp³-hybridized carbons (Fsp3) is 1.00. The predicted molar refractivity (Wildman–Crippen MR) is 78.9 cm³/mol. The molecule has 1 aliphatic rings. The lowest BCUT2D eigenvalue weighted by Gasteiger charge is -2.20. The molecule has 1 saturated heterocycles. The standard InChI is InChI=1S/C11H23BrN2O5S/c1-11(2)10-13(20(15,16)14(11)12)4-5-18-8-9-19-7-6-17-3/h4-10H2,1-3H3. The first-order valence-corrected chi connectivity index (χ1v) is 8.53. The minimum atomic E-state index is -3.42. The van der Waals surface area contributed by atoms with E-state index in [4.69, 9.17) is 14.2 Å². The average molecular weight is 375 g/mol. The van der Waals surface area contributed by atoms with Gasteiger partial charge in [0.2, 0.25) is 0 Å². The fourth-order valence-corrected chi connectivity index (χ4v) is 4.14. The molecule has 0 atom stereocenters. The van der Waals surface area contributed by atoms with Gasteiger partial charge in [-0.05, 0) is 13.8 Å². The quantitative estimate of drug-likeness (QED) is 0.437. The van der Waals surface area contributed by atoms with Crippen LogP contribution in [0.2, 0.25) is 0 Å². The van der Waals surface area contributed by atoms with E-state index in [1.807, 2.05) is 13.8 Å². The number of rotatable bonds is 9. The number of nitrogens with zero attached hydrogens (tertiary/aromatic N) is 2. The lowest BCUT2D eigenvalue weighted by molar-refractivity contribution is 0.0230. The summed E-state index contributed by atoms with van der Waals surface area (Å²) in [5, 5.41) is 0. The van der Waals surface area contributed by atoms with Crippen molar-refractivity contribution in [1.29, 1.82) is 0 Å². The zero-order valence-corrected chi connectivity index (χ0v) is 14.6. The second-order valence-electron chi connectivity index (χ2n) is 5.09. The van der Waals surface area contributed by atoms with Gasteiger partial charge in [0.1, 0.15) is 0 Å². The molecule has 0 aromatic carbocycles.